The maximum absolute atomic E-state index is 13.9. The molecule has 1 aromatic rings. The standard InChI is InChI=1S/C39H62N4O7/c1-6-43(26(2)3)22-14-13-19-33(36(47)25-32(28(5)44)38(40)49)42-39(50)31(23-29-15-9-7-10-16-29)24-35(46)27(4)41-37(48)21-20-34(45)30-17-11-8-12-18-30/h7,9-10,15-16,26-28,30-33,44H,6,8,11-14,17-25H2,1-5H3,(H2,40,49)(H,41,48)(H,42,50)/t27-,28+,31?,32?,33-/m0/s1. The van der Waals surface area contributed by atoms with E-state index in [4.69, 9.17) is 5.73 Å². The van der Waals surface area contributed by atoms with Crippen LogP contribution in [0, 0.1) is 17.8 Å². The SMILES string of the molecule is CCN(CCCC[C@H](NC(=O)C(CC(=O)[C@H](C)NC(=O)CCC(=O)C1CCCCC1)Cc1ccccc1)C(=O)CC(C(N)=O)[C@@H](C)O)C(C)C. The first-order chi connectivity index (χ1) is 23.7. The molecule has 0 radical (unpaired) electrons. The number of Topliss-reactive ketones (excluding diaryl/α,β-unsaturated/α-hetero) is 3. The molecule has 1 aromatic carbocycles. The molecular formula is C39H62N4O7. The zero-order valence-electron chi connectivity index (χ0n) is 31.0. The Hall–Kier alpha value is -3.44. The molecular weight excluding hydrogens is 636 g/mol. The van der Waals surface area contributed by atoms with Gasteiger partial charge in [0.2, 0.25) is 17.7 Å². The van der Waals surface area contributed by atoms with Crippen LogP contribution in [-0.4, -0.2) is 82.4 Å². The highest BCUT2D eigenvalue weighted by molar-refractivity contribution is 5.95. The van der Waals surface area contributed by atoms with Gasteiger partial charge in [-0.05, 0) is 84.9 Å². The normalized spacial score (nSPS) is 16.6. The molecule has 280 valence electrons. The predicted molar refractivity (Wildman–Crippen MR) is 194 cm³/mol. The molecule has 0 saturated heterocycles. The van der Waals surface area contributed by atoms with Gasteiger partial charge in [-0.25, -0.2) is 0 Å². The Balaban J connectivity index is 2.15. The molecule has 1 aliphatic rings. The number of nitrogens with two attached hydrogens (primary N) is 1. The van der Waals surface area contributed by atoms with Gasteiger partial charge in [0.1, 0.15) is 5.78 Å². The number of carbonyl (C=O) groups is 6. The summed E-state index contributed by atoms with van der Waals surface area (Å²) in [5.41, 5.74) is 6.31. The zero-order chi connectivity index (χ0) is 37.2. The van der Waals surface area contributed by atoms with Crippen molar-refractivity contribution in [3.8, 4) is 0 Å². The van der Waals surface area contributed by atoms with Crippen LogP contribution in [0.1, 0.15) is 117 Å². The molecule has 50 heavy (non-hydrogen) atoms. The van der Waals surface area contributed by atoms with E-state index in [-0.39, 0.29) is 55.5 Å². The average Bonchev–Trinajstić information content (AvgIpc) is 3.08. The van der Waals surface area contributed by atoms with Gasteiger partial charge in [-0.15, -0.1) is 0 Å². The third kappa shape index (κ3) is 15.2. The molecule has 0 bridgehead atoms. The predicted octanol–water partition coefficient (Wildman–Crippen LogP) is 4.07. The summed E-state index contributed by atoms with van der Waals surface area (Å²) < 4.78 is 0. The van der Waals surface area contributed by atoms with Gasteiger partial charge in [-0.3, -0.25) is 28.8 Å². The second-order valence-corrected chi connectivity index (χ2v) is 14.3. The Kier molecular flexibility index (Phi) is 19.1. The number of nitrogens with zero attached hydrogens (tertiary/aromatic N) is 1. The number of unbranched alkanes of at least 4 members (excludes halogenated alkanes) is 1. The average molecular weight is 699 g/mol. The highest BCUT2D eigenvalue weighted by Crippen LogP contribution is 2.25. The molecule has 0 heterocycles. The van der Waals surface area contributed by atoms with Crippen molar-refractivity contribution in [3.63, 3.8) is 0 Å². The van der Waals surface area contributed by atoms with E-state index in [1.54, 1.807) is 6.92 Å². The van der Waals surface area contributed by atoms with E-state index in [1.807, 2.05) is 30.3 Å². The summed E-state index contributed by atoms with van der Waals surface area (Å²) in [4.78, 5) is 80.5. The smallest absolute Gasteiger partial charge is 0.224 e. The van der Waals surface area contributed by atoms with Crippen LogP contribution in [0.15, 0.2) is 30.3 Å². The molecule has 5 N–H and O–H groups in total. The number of primary amides is 1. The Morgan fingerprint density at radius 1 is 0.880 bits per heavy atom. The second-order valence-electron chi connectivity index (χ2n) is 14.3. The highest BCUT2D eigenvalue weighted by atomic mass is 16.3. The highest BCUT2D eigenvalue weighted by Gasteiger charge is 2.32. The van der Waals surface area contributed by atoms with Crippen LogP contribution in [0.3, 0.4) is 0 Å². The molecule has 2 rings (SSSR count). The van der Waals surface area contributed by atoms with Crippen molar-refractivity contribution in [2.45, 2.75) is 142 Å². The first-order valence-corrected chi connectivity index (χ1v) is 18.7. The van der Waals surface area contributed by atoms with E-state index in [0.717, 1.165) is 57.2 Å². The van der Waals surface area contributed by atoms with Gasteiger partial charge >= 0.3 is 0 Å². The van der Waals surface area contributed by atoms with Gasteiger partial charge in [-0.2, -0.15) is 0 Å². The summed E-state index contributed by atoms with van der Waals surface area (Å²) in [5.74, 6) is -4.23. The molecule has 1 fully saturated rings. The van der Waals surface area contributed by atoms with Crippen LogP contribution >= 0.6 is 0 Å². The maximum Gasteiger partial charge on any atom is 0.224 e. The Morgan fingerprint density at radius 2 is 1.54 bits per heavy atom. The minimum Gasteiger partial charge on any atom is -0.393 e. The van der Waals surface area contributed by atoms with Gasteiger partial charge in [0, 0.05) is 43.6 Å². The van der Waals surface area contributed by atoms with Crippen LogP contribution in [0.4, 0.5) is 0 Å². The minimum absolute atomic E-state index is 0.0105. The lowest BCUT2D eigenvalue weighted by Crippen LogP contribution is -2.47. The largest absolute Gasteiger partial charge is 0.393 e. The molecule has 5 atom stereocenters. The third-order valence-corrected chi connectivity index (χ3v) is 10.1. The van der Waals surface area contributed by atoms with E-state index in [0.29, 0.717) is 18.9 Å². The summed E-state index contributed by atoms with van der Waals surface area (Å²) in [7, 11) is 0. The molecule has 1 saturated carbocycles. The number of benzene rings is 1. The number of hydrogen-bond donors (Lipinski definition) is 4. The number of ketones is 3. The molecule has 0 spiro atoms. The van der Waals surface area contributed by atoms with Crippen molar-refractivity contribution < 1.29 is 33.9 Å². The topological polar surface area (TPSA) is 176 Å². The van der Waals surface area contributed by atoms with Gasteiger partial charge < -0.3 is 26.4 Å². The molecule has 0 aromatic heterocycles. The first-order valence-electron chi connectivity index (χ1n) is 18.7. The zero-order valence-corrected chi connectivity index (χ0v) is 31.0. The van der Waals surface area contributed by atoms with Crippen LogP contribution in [0.5, 0.6) is 0 Å². The van der Waals surface area contributed by atoms with E-state index >= 15 is 0 Å². The van der Waals surface area contributed by atoms with E-state index in [2.05, 4.69) is 36.3 Å². The summed E-state index contributed by atoms with van der Waals surface area (Å²) in [6.45, 7) is 11.0. The number of aliphatic hydroxyl groups excluding tert-OH is 1. The molecule has 2 unspecified atom stereocenters. The van der Waals surface area contributed by atoms with Crippen molar-refractivity contribution in [1.82, 2.24) is 15.5 Å². The number of nitrogens with one attached hydrogen (secondary N) is 2. The first kappa shape index (κ1) is 42.7. The van der Waals surface area contributed by atoms with Crippen LogP contribution < -0.4 is 16.4 Å². The number of amides is 3. The third-order valence-electron chi connectivity index (χ3n) is 10.1. The number of rotatable bonds is 24. The van der Waals surface area contributed by atoms with Crippen molar-refractivity contribution in [3.05, 3.63) is 35.9 Å². The number of carbonyl (C=O) groups excluding carboxylic acids is 6. The van der Waals surface area contributed by atoms with Crippen LogP contribution in [0.25, 0.3) is 0 Å². The molecule has 1 aliphatic carbocycles. The summed E-state index contributed by atoms with van der Waals surface area (Å²) in [5, 5.41) is 15.7. The number of aliphatic hydroxyl groups is 1. The van der Waals surface area contributed by atoms with Gasteiger partial charge in [-0.1, -0.05) is 56.5 Å². The van der Waals surface area contributed by atoms with E-state index in [1.165, 1.54) is 6.92 Å². The van der Waals surface area contributed by atoms with Crippen molar-refractivity contribution in [2.24, 2.45) is 23.5 Å². The Labute approximate surface area is 298 Å². The molecule has 11 heteroatoms. The van der Waals surface area contributed by atoms with Gasteiger partial charge in [0.25, 0.3) is 0 Å². The van der Waals surface area contributed by atoms with E-state index < -0.39 is 47.6 Å². The fraction of sp³-hybridized carbons (Fsp3) is 0.692. The van der Waals surface area contributed by atoms with Gasteiger partial charge in [0.15, 0.2) is 11.6 Å². The Morgan fingerprint density at radius 3 is 2.12 bits per heavy atom. The lowest BCUT2D eigenvalue weighted by atomic mass is 9.85. The number of hydrogen-bond acceptors (Lipinski definition) is 8. The maximum atomic E-state index is 13.9. The van der Waals surface area contributed by atoms with E-state index in [9.17, 15) is 33.9 Å². The quantitative estimate of drug-likeness (QED) is 0.117. The van der Waals surface area contributed by atoms with Crippen molar-refractivity contribution in [2.75, 3.05) is 13.1 Å². The second kappa shape index (κ2) is 22.4. The van der Waals surface area contributed by atoms with Crippen LogP contribution in [0.2, 0.25) is 0 Å². The van der Waals surface area contributed by atoms with Crippen molar-refractivity contribution in [1.29, 1.82) is 0 Å². The minimum atomic E-state index is -1.14. The Bertz CT molecular complexity index is 1250. The lowest BCUT2D eigenvalue weighted by molar-refractivity contribution is -0.135. The summed E-state index contributed by atoms with van der Waals surface area (Å²) in [6.07, 6.45) is 5.44. The summed E-state index contributed by atoms with van der Waals surface area (Å²) >= 11 is 0. The fourth-order valence-corrected chi connectivity index (χ4v) is 6.75. The monoisotopic (exact) mass is 698 g/mol. The fourth-order valence-electron chi connectivity index (χ4n) is 6.75. The molecule has 11 nitrogen and oxygen atoms in total. The molecule has 3 amide bonds. The summed E-state index contributed by atoms with van der Waals surface area (Å²) in [6, 6.07) is 7.80. The van der Waals surface area contributed by atoms with Crippen LogP contribution in [-0.2, 0) is 35.2 Å². The van der Waals surface area contributed by atoms with Crippen molar-refractivity contribution >= 4 is 35.1 Å². The van der Waals surface area contributed by atoms with Gasteiger partial charge in [0.05, 0.1) is 24.1 Å². The molecule has 0 aliphatic heterocycles. The lowest BCUT2D eigenvalue weighted by Gasteiger charge is -2.26.